The van der Waals surface area contributed by atoms with E-state index in [1.54, 1.807) is 32.0 Å². The van der Waals surface area contributed by atoms with E-state index in [4.69, 9.17) is 9.15 Å². The lowest BCUT2D eigenvalue weighted by atomic mass is 10.0. The van der Waals surface area contributed by atoms with Crippen molar-refractivity contribution < 1.29 is 13.9 Å². The molecule has 0 N–H and O–H groups in total. The number of ether oxygens (including phenoxy) is 1. The molecule has 0 aliphatic carbocycles. The Morgan fingerprint density at radius 1 is 1.17 bits per heavy atom. The number of rotatable bonds is 3. The van der Waals surface area contributed by atoms with Gasteiger partial charge in [0.2, 0.25) is 5.43 Å². The van der Waals surface area contributed by atoms with Gasteiger partial charge in [-0.3, -0.25) is 9.59 Å². The molecule has 0 atom stereocenters. The van der Waals surface area contributed by atoms with Crippen LogP contribution in [0.2, 0.25) is 0 Å². The molecule has 24 heavy (non-hydrogen) atoms. The van der Waals surface area contributed by atoms with E-state index in [2.05, 4.69) is 15.9 Å². The predicted octanol–water partition coefficient (Wildman–Crippen LogP) is 4.85. The lowest BCUT2D eigenvalue weighted by molar-refractivity contribution is -0.134. The molecule has 0 amide bonds. The third-order valence-corrected chi connectivity index (χ3v) is 4.22. The van der Waals surface area contributed by atoms with Crippen LogP contribution in [0.1, 0.15) is 19.1 Å². The average Bonchev–Trinajstić information content (AvgIpc) is 2.56. The second-order valence-electron chi connectivity index (χ2n) is 5.35. The highest BCUT2D eigenvalue weighted by molar-refractivity contribution is 9.10. The lowest BCUT2D eigenvalue weighted by Crippen LogP contribution is -2.09. The third-order valence-electron chi connectivity index (χ3n) is 3.69. The lowest BCUT2D eigenvalue weighted by Gasteiger charge is -2.08. The van der Waals surface area contributed by atoms with Gasteiger partial charge < -0.3 is 9.15 Å². The Bertz CT molecular complexity index is 971. The highest BCUT2D eigenvalue weighted by Gasteiger charge is 2.14. The molecule has 0 bridgehead atoms. The Morgan fingerprint density at radius 3 is 2.54 bits per heavy atom. The number of aryl methyl sites for hydroxylation is 1. The molecule has 0 spiro atoms. The summed E-state index contributed by atoms with van der Waals surface area (Å²) in [7, 11) is 0. The van der Waals surface area contributed by atoms with Gasteiger partial charge in [0.1, 0.15) is 17.1 Å². The zero-order valence-electron chi connectivity index (χ0n) is 13.3. The molecule has 0 aliphatic heterocycles. The molecule has 0 aliphatic rings. The summed E-state index contributed by atoms with van der Waals surface area (Å²) in [5.74, 6) is 0.557. The van der Waals surface area contributed by atoms with Crippen LogP contribution >= 0.6 is 15.9 Å². The maximum absolute atomic E-state index is 12.8. The minimum absolute atomic E-state index is 0.107. The van der Waals surface area contributed by atoms with E-state index in [-0.39, 0.29) is 17.8 Å². The van der Waals surface area contributed by atoms with Crippen molar-refractivity contribution in [2.75, 3.05) is 0 Å². The van der Waals surface area contributed by atoms with Crippen LogP contribution in [0.4, 0.5) is 0 Å². The van der Waals surface area contributed by atoms with Crippen molar-refractivity contribution in [2.45, 2.75) is 20.3 Å². The minimum atomic E-state index is -0.333. The Morgan fingerprint density at radius 2 is 1.88 bits per heavy atom. The van der Waals surface area contributed by atoms with Crippen LogP contribution < -0.4 is 10.2 Å². The highest BCUT2D eigenvalue weighted by atomic mass is 79.9. The van der Waals surface area contributed by atoms with Gasteiger partial charge in [-0.2, -0.15) is 0 Å². The first-order valence-electron chi connectivity index (χ1n) is 7.53. The molecular formula is C19H15BrO4. The average molecular weight is 387 g/mol. The van der Waals surface area contributed by atoms with Gasteiger partial charge >= 0.3 is 5.97 Å². The van der Waals surface area contributed by atoms with Gasteiger partial charge in [0.25, 0.3) is 0 Å². The van der Waals surface area contributed by atoms with Crippen molar-refractivity contribution in [2.24, 2.45) is 0 Å². The summed E-state index contributed by atoms with van der Waals surface area (Å²) in [5, 5.41) is 0.454. The summed E-state index contributed by atoms with van der Waals surface area (Å²) in [6, 6.07) is 12.3. The molecule has 0 saturated carbocycles. The number of hydrogen-bond donors (Lipinski definition) is 0. The van der Waals surface area contributed by atoms with E-state index >= 15 is 0 Å². The van der Waals surface area contributed by atoms with Crippen molar-refractivity contribution in [3.05, 3.63) is 62.9 Å². The van der Waals surface area contributed by atoms with Crippen molar-refractivity contribution in [3.63, 3.8) is 0 Å². The number of hydrogen-bond acceptors (Lipinski definition) is 4. The van der Waals surface area contributed by atoms with Gasteiger partial charge in [-0.25, -0.2) is 0 Å². The molecule has 5 heteroatoms. The van der Waals surface area contributed by atoms with Crippen LogP contribution in [0.15, 0.2) is 56.1 Å². The van der Waals surface area contributed by atoms with E-state index < -0.39 is 0 Å². The first-order valence-corrected chi connectivity index (χ1v) is 8.33. The standard InChI is InChI=1S/C19H15BrO4/c1-3-17(21)24-14-8-9-15-16(10-14)23-11(2)18(19(15)22)12-4-6-13(20)7-5-12/h4-10H,3H2,1-2H3. The summed E-state index contributed by atoms with van der Waals surface area (Å²) in [5.41, 5.74) is 1.63. The molecule has 1 heterocycles. The molecule has 0 unspecified atom stereocenters. The Labute approximate surface area is 147 Å². The summed E-state index contributed by atoms with van der Waals surface area (Å²) >= 11 is 3.39. The van der Waals surface area contributed by atoms with Crippen molar-refractivity contribution >= 4 is 32.9 Å². The fourth-order valence-corrected chi connectivity index (χ4v) is 2.77. The number of benzene rings is 2. The van der Waals surface area contributed by atoms with E-state index in [1.807, 2.05) is 24.3 Å². The Kier molecular flexibility index (Phi) is 4.53. The second kappa shape index (κ2) is 6.61. The normalized spacial score (nSPS) is 10.8. The molecule has 122 valence electrons. The first kappa shape index (κ1) is 16.5. The number of esters is 1. The number of carbonyl (C=O) groups excluding carboxylic acids is 1. The van der Waals surface area contributed by atoms with E-state index in [0.29, 0.717) is 28.0 Å². The summed E-state index contributed by atoms with van der Waals surface area (Å²) in [4.78, 5) is 24.2. The molecule has 3 rings (SSSR count). The van der Waals surface area contributed by atoms with Gasteiger partial charge in [0, 0.05) is 17.0 Å². The summed E-state index contributed by atoms with van der Waals surface area (Å²) < 4.78 is 11.9. The van der Waals surface area contributed by atoms with Crippen LogP contribution in [0.5, 0.6) is 5.75 Å². The molecule has 0 radical (unpaired) electrons. The smallest absolute Gasteiger partial charge is 0.310 e. The molecule has 4 nitrogen and oxygen atoms in total. The molecule has 3 aromatic rings. The summed E-state index contributed by atoms with van der Waals surface area (Å²) in [6.45, 7) is 3.47. The number of halogens is 1. The fourth-order valence-electron chi connectivity index (χ4n) is 2.50. The quantitative estimate of drug-likeness (QED) is 0.476. The molecule has 0 saturated heterocycles. The maximum Gasteiger partial charge on any atom is 0.310 e. The van der Waals surface area contributed by atoms with Crippen LogP contribution in [0, 0.1) is 6.92 Å². The summed E-state index contributed by atoms with van der Waals surface area (Å²) in [6.07, 6.45) is 0.281. The van der Waals surface area contributed by atoms with Gasteiger partial charge in [-0.05, 0) is 36.8 Å². The van der Waals surface area contributed by atoms with E-state index in [9.17, 15) is 9.59 Å². The SMILES string of the molecule is CCC(=O)Oc1ccc2c(=O)c(-c3ccc(Br)cc3)c(C)oc2c1. The molecule has 0 fully saturated rings. The van der Waals surface area contributed by atoms with Crippen molar-refractivity contribution in [3.8, 4) is 16.9 Å². The maximum atomic E-state index is 12.8. The largest absolute Gasteiger partial charge is 0.460 e. The molecule has 1 aromatic heterocycles. The molecule has 2 aromatic carbocycles. The van der Waals surface area contributed by atoms with Crippen LogP contribution in [-0.2, 0) is 4.79 Å². The van der Waals surface area contributed by atoms with Crippen LogP contribution in [0.25, 0.3) is 22.1 Å². The minimum Gasteiger partial charge on any atom is -0.460 e. The first-order chi connectivity index (χ1) is 11.5. The van der Waals surface area contributed by atoms with Gasteiger partial charge in [-0.15, -0.1) is 0 Å². The van der Waals surface area contributed by atoms with Crippen LogP contribution in [0.3, 0.4) is 0 Å². The van der Waals surface area contributed by atoms with Gasteiger partial charge in [0.05, 0.1) is 10.9 Å². The number of fused-ring (bicyclic) bond motifs is 1. The van der Waals surface area contributed by atoms with Gasteiger partial charge in [0.15, 0.2) is 0 Å². The van der Waals surface area contributed by atoms with Crippen molar-refractivity contribution in [1.82, 2.24) is 0 Å². The van der Waals surface area contributed by atoms with Gasteiger partial charge in [-0.1, -0.05) is 35.0 Å². The third kappa shape index (κ3) is 3.12. The predicted molar refractivity (Wildman–Crippen MR) is 96.3 cm³/mol. The highest BCUT2D eigenvalue weighted by Crippen LogP contribution is 2.27. The zero-order chi connectivity index (χ0) is 17.3. The molecular weight excluding hydrogens is 372 g/mol. The Balaban J connectivity index is 2.14. The van der Waals surface area contributed by atoms with E-state index in [1.165, 1.54) is 0 Å². The zero-order valence-corrected chi connectivity index (χ0v) is 14.8. The monoisotopic (exact) mass is 386 g/mol. The van der Waals surface area contributed by atoms with E-state index in [0.717, 1.165) is 10.0 Å². The Hall–Kier alpha value is -2.40. The van der Waals surface area contributed by atoms with Crippen molar-refractivity contribution in [1.29, 1.82) is 0 Å². The van der Waals surface area contributed by atoms with Crippen LogP contribution in [-0.4, -0.2) is 5.97 Å². The fraction of sp³-hybridized carbons (Fsp3) is 0.158. The second-order valence-corrected chi connectivity index (χ2v) is 6.27. The number of carbonyl (C=O) groups is 1. The topological polar surface area (TPSA) is 56.5 Å².